The number of para-hydroxylation sites is 1. The summed E-state index contributed by atoms with van der Waals surface area (Å²) < 4.78 is 1.71. The first-order valence-electron chi connectivity index (χ1n) is 9.71. The minimum absolute atomic E-state index is 0.184. The number of carbonyl (C=O) groups excluding carboxylic acids is 2. The molecule has 144 valence electrons. The zero-order valence-corrected chi connectivity index (χ0v) is 16.2. The summed E-state index contributed by atoms with van der Waals surface area (Å²) in [6.07, 6.45) is 3.66. The number of hydrogen-bond acceptors (Lipinski definition) is 3. The van der Waals surface area contributed by atoms with Gasteiger partial charge in [-0.2, -0.15) is 0 Å². The van der Waals surface area contributed by atoms with Crippen molar-refractivity contribution in [3.63, 3.8) is 0 Å². The van der Waals surface area contributed by atoms with Crippen molar-refractivity contribution in [1.82, 2.24) is 14.7 Å². The highest BCUT2D eigenvalue weighted by molar-refractivity contribution is 6.07. The van der Waals surface area contributed by atoms with Gasteiger partial charge < -0.3 is 10.2 Å². The highest BCUT2D eigenvalue weighted by Gasteiger charge is 2.28. The predicted octanol–water partition coefficient (Wildman–Crippen LogP) is 3.31. The lowest BCUT2D eigenvalue weighted by atomic mass is 10.0. The van der Waals surface area contributed by atoms with E-state index in [1.807, 2.05) is 50.2 Å². The van der Waals surface area contributed by atoms with E-state index in [1.165, 1.54) is 0 Å². The fraction of sp³-hybridized carbons (Fsp3) is 0.318. The molecular weight excluding hydrogens is 352 g/mol. The molecule has 0 fully saturated rings. The summed E-state index contributed by atoms with van der Waals surface area (Å²) in [6.45, 7) is 5.28. The van der Waals surface area contributed by atoms with Crippen molar-refractivity contribution in [2.45, 2.75) is 26.7 Å². The molecule has 0 saturated carbocycles. The highest BCUT2D eigenvalue weighted by atomic mass is 16.2. The molecule has 0 atom stereocenters. The van der Waals surface area contributed by atoms with Crippen LogP contribution >= 0.6 is 0 Å². The van der Waals surface area contributed by atoms with Crippen LogP contribution in [0.1, 0.15) is 46.9 Å². The van der Waals surface area contributed by atoms with Gasteiger partial charge in [0.05, 0.1) is 5.52 Å². The number of aryl methyl sites for hydroxylation is 1. The first-order chi connectivity index (χ1) is 13.6. The standard InChI is InChI=1S/C22H24N4O2/c1-15(2)14-23-21(27)19-18-11-5-6-12-25(18)20(24-19)22(28)26-13-7-9-16-8-3-4-10-17(16)26/h3-6,8,10-12,15H,7,9,13-14H2,1-2H3,(H,23,27). The molecular formula is C22H24N4O2. The number of nitrogens with zero attached hydrogens (tertiary/aromatic N) is 3. The van der Waals surface area contributed by atoms with Crippen molar-refractivity contribution in [3.05, 3.63) is 65.7 Å². The molecule has 0 bridgehead atoms. The second-order valence-corrected chi connectivity index (χ2v) is 7.53. The number of hydrogen-bond donors (Lipinski definition) is 1. The predicted molar refractivity (Wildman–Crippen MR) is 109 cm³/mol. The molecule has 0 radical (unpaired) electrons. The fourth-order valence-electron chi connectivity index (χ4n) is 3.60. The van der Waals surface area contributed by atoms with Crippen molar-refractivity contribution in [2.75, 3.05) is 18.0 Å². The van der Waals surface area contributed by atoms with Gasteiger partial charge in [0.25, 0.3) is 11.8 Å². The van der Waals surface area contributed by atoms with Crippen LogP contribution in [0.3, 0.4) is 0 Å². The molecule has 1 aromatic carbocycles. The zero-order valence-electron chi connectivity index (χ0n) is 16.2. The van der Waals surface area contributed by atoms with E-state index in [1.54, 1.807) is 15.5 Å². The van der Waals surface area contributed by atoms with Crippen LogP contribution in [0.4, 0.5) is 5.69 Å². The molecule has 1 aliphatic rings. The molecule has 0 spiro atoms. The molecule has 4 rings (SSSR count). The van der Waals surface area contributed by atoms with Crippen molar-refractivity contribution in [2.24, 2.45) is 5.92 Å². The molecule has 1 aliphatic heterocycles. The third-order valence-corrected chi connectivity index (χ3v) is 4.98. The number of aromatic nitrogens is 2. The summed E-state index contributed by atoms with van der Waals surface area (Å²) in [6, 6.07) is 13.5. The molecule has 3 heterocycles. The first kappa shape index (κ1) is 18.2. The van der Waals surface area contributed by atoms with Gasteiger partial charge in [0.2, 0.25) is 5.82 Å². The lowest BCUT2D eigenvalue weighted by Gasteiger charge is -2.28. The van der Waals surface area contributed by atoms with E-state index in [9.17, 15) is 9.59 Å². The van der Waals surface area contributed by atoms with E-state index in [2.05, 4.69) is 16.4 Å². The SMILES string of the molecule is CC(C)CNC(=O)c1nc(C(=O)N2CCCc3ccccc32)n2ccccc12. The van der Waals surface area contributed by atoms with Gasteiger partial charge in [-0.25, -0.2) is 4.98 Å². The molecule has 2 aromatic heterocycles. The minimum Gasteiger partial charge on any atom is -0.350 e. The van der Waals surface area contributed by atoms with E-state index in [4.69, 9.17) is 0 Å². The van der Waals surface area contributed by atoms with E-state index < -0.39 is 0 Å². The lowest BCUT2D eigenvalue weighted by Crippen LogP contribution is -2.36. The summed E-state index contributed by atoms with van der Waals surface area (Å²) in [4.78, 5) is 32.3. The Hall–Kier alpha value is -3.15. The van der Waals surface area contributed by atoms with Gasteiger partial charge in [-0.05, 0) is 42.5 Å². The van der Waals surface area contributed by atoms with E-state index >= 15 is 0 Å². The molecule has 3 aromatic rings. The van der Waals surface area contributed by atoms with Crippen LogP contribution in [0, 0.1) is 5.92 Å². The summed E-state index contributed by atoms with van der Waals surface area (Å²) in [7, 11) is 0. The van der Waals surface area contributed by atoms with Crippen molar-refractivity contribution >= 4 is 23.0 Å². The van der Waals surface area contributed by atoms with E-state index in [0.717, 1.165) is 24.1 Å². The number of amides is 2. The Morgan fingerprint density at radius 3 is 2.75 bits per heavy atom. The number of nitrogens with one attached hydrogen (secondary N) is 1. The average Bonchev–Trinajstić information content (AvgIpc) is 3.11. The molecule has 0 aliphatic carbocycles. The van der Waals surface area contributed by atoms with E-state index in [0.29, 0.717) is 24.5 Å². The zero-order chi connectivity index (χ0) is 19.7. The topological polar surface area (TPSA) is 66.7 Å². The van der Waals surface area contributed by atoms with Crippen LogP contribution in [0.5, 0.6) is 0 Å². The number of rotatable bonds is 4. The van der Waals surface area contributed by atoms with Crippen molar-refractivity contribution in [3.8, 4) is 0 Å². The highest BCUT2D eigenvalue weighted by Crippen LogP contribution is 2.28. The number of anilines is 1. The fourth-order valence-corrected chi connectivity index (χ4v) is 3.60. The summed E-state index contributed by atoms with van der Waals surface area (Å²) in [5.41, 5.74) is 3.02. The second-order valence-electron chi connectivity index (χ2n) is 7.53. The Balaban J connectivity index is 1.74. The molecule has 6 nitrogen and oxygen atoms in total. The van der Waals surface area contributed by atoms with Gasteiger partial charge in [0.15, 0.2) is 5.69 Å². The smallest absolute Gasteiger partial charge is 0.294 e. The van der Waals surface area contributed by atoms with Crippen LogP contribution < -0.4 is 10.2 Å². The quantitative estimate of drug-likeness (QED) is 0.760. The van der Waals surface area contributed by atoms with Crippen LogP contribution in [0.2, 0.25) is 0 Å². The van der Waals surface area contributed by atoms with Gasteiger partial charge in [0.1, 0.15) is 0 Å². The van der Waals surface area contributed by atoms with Gasteiger partial charge in [-0.3, -0.25) is 14.0 Å². The number of carbonyl (C=O) groups is 2. The number of pyridine rings is 1. The Bertz CT molecular complexity index is 1040. The Kier molecular flexibility index (Phi) is 4.86. The maximum Gasteiger partial charge on any atom is 0.294 e. The molecule has 1 N–H and O–H groups in total. The summed E-state index contributed by atoms with van der Waals surface area (Å²) in [5.74, 6) is 0.164. The van der Waals surface area contributed by atoms with Crippen LogP contribution in [-0.4, -0.2) is 34.3 Å². The molecule has 6 heteroatoms. The Morgan fingerprint density at radius 2 is 1.93 bits per heavy atom. The number of imidazole rings is 1. The van der Waals surface area contributed by atoms with Crippen molar-refractivity contribution in [1.29, 1.82) is 0 Å². The van der Waals surface area contributed by atoms with Gasteiger partial charge >= 0.3 is 0 Å². The van der Waals surface area contributed by atoms with Gasteiger partial charge in [-0.15, -0.1) is 0 Å². The number of fused-ring (bicyclic) bond motifs is 2. The Morgan fingerprint density at radius 1 is 1.14 bits per heavy atom. The molecule has 28 heavy (non-hydrogen) atoms. The third-order valence-electron chi connectivity index (χ3n) is 4.98. The van der Waals surface area contributed by atoms with Crippen molar-refractivity contribution < 1.29 is 9.59 Å². The molecule has 0 saturated heterocycles. The van der Waals surface area contributed by atoms with Crippen LogP contribution in [0.25, 0.3) is 5.52 Å². The molecule has 0 unspecified atom stereocenters. The largest absolute Gasteiger partial charge is 0.350 e. The van der Waals surface area contributed by atoms with E-state index in [-0.39, 0.29) is 23.3 Å². The number of benzene rings is 1. The molecule has 2 amide bonds. The van der Waals surface area contributed by atoms with Gasteiger partial charge in [0, 0.05) is 25.0 Å². The monoisotopic (exact) mass is 376 g/mol. The average molecular weight is 376 g/mol. The summed E-state index contributed by atoms with van der Waals surface area (Å²) in [5, 5.41) is 2.90. The first-order valence-corrected chi connectivity index (χ1v) is 9.71. The summed E-state index contributed by atoms with van der Waals surface area (Å²) >= 11 is 0. The normalized spacial score (nSPS) is 13.6. The maximum absolute atomic E-state index is 13.4. The third kappa shape index (κ3) is 3.26. The minimum atomic E-state index is -0.254. The maximum atomic E-state index is 13.4. The van der Waals surface area contributed by atoms with Gasteiger partial charge in [-0.1, -0.05) is 38.1 Å². The second kappa shape index (κ2) is 7.46. The Labute approximate surface area is 164 Å². The van der Waals surface area contributed by atoms with Crippen LogP contribution in [0.15, 0.2) is 48.7 Å². The lowest BCUT2D eigenvalue weighted by molar-refractivity contribution is 0.0946. The van der Waals surface area contributed by atoms with Crippen LogP contribution in [-0.2, 0) is 6.42 Å².